The fourth-order valence-corrected chi connectivity index (χ4v) is 2.74. The third kappa shape index (κ3) is 4.28. The van der Waals surface area contributed by atoms with E-state index in [2.05, 4.69) is 36.2 Å². The fourth-order valence-electron chi connectivity index (χ4n) is 2.74. The van der Waals surface area contributed by atoms with E-state index in [9.17, 15) is 0 Å². The number of nitrogens with one attached hydrogen (secondary N) is 1. The zero-order valence-electron chi connectivity index (χ0n) is 12.2. The second-order valence-corrected chi connectivity index (χ2v) is 5.88. The Morgan fingerprint density at radius 3 is 2.95 bits per heavy atom. The zero-order valence-corrected chi connectivity index (χ0v) is 12.2. The highest BCUT2D eigenvalue weighted by molar-refractivity contribution is 4.81. The van der Waals surface area contributed by atoms with Crippen LogP contribution in [-0.2, 0) is 11.3 Å². The molecule has 0 spiro atoms. The summed E-state index contributed by atoms with van der Waals surface area (Å²) in [7, 11) is 0. The maximum atomic E-state index is 5.82. The Hall–Kier alpha value is -0.940. The molecule has 1 aliphatic heterocycles. The van der Waals surface area contributed by atoms with E-state index in [-0.39, 0.29) is 0 Å². The van der Waals surface area contributed by atoms with Gasteiger partial charge < -0.3 is 10.1 Å². The first-order valence-corrected chi connectivity index (χ1v) is 7.34. The molecule has 0 aliphatic carbocycles. The van der Waals surface area contributed by atoms with E-state index in [1.54, 1.807) is 12.7 Å². The van der Waals surface area contributed by atoms with Crippen molar-refractivity contribution >= 4 is 0 Å². The van der Waals surface area contributed by atoms with Gasteiger partial charge in [0.25, 0.3) is 0 Å². The van der Waals surface area contributed by atoms with Crippen LogP contribution >= 0.6 is 0 Å². The number of hydrogen-bond donors (Lipinski definition) is 1. The molecule has 5 heteroatoms. The molecule has 5 nitrogen and oxygen atoms in total. The van der Waals surface area contributed by atoms with Crippen LogP contribution in [0.15, 0.2) is 12.7 Å². The summed E-state index contributed by atoms with van der Waals surface area (Å²) in [5, 5.41) is 7.75. The summed E-state index contributed by atoms with van der Waals surface area (Å²) < 4.78 is 7.70. The highest BCUT2D eigenvalue weighted by Crippen LogP contribution is 2.26. The Morgan fingerprint density at radius 1 is 1.42 bits per heavy atom. The van der Waals surface area contributed by atoms with Crippen molar-refractivity contribution < 1.29 is 4.74 Å². The summed E-state index contributed by atoms with van der Waals surface area (Å²) >= 11 is 0. The van der Waals surface area contributed by atoms with Crippen molar-refractivity contribution in [3.63, 3.8) is 0 Å². The standard InChI is InChI=1S/C14H26N4O/c1-11(2)14-13(5-7-19-14)8-16-12(3)4-6-18-10-15-9-17-18/h9-14,16H,4-8H2,1-3H3/t12-,13+,14+/m0/s1. The van der Waals surface area contributed by atoms with Crippen molar-refractivity contribution in [1.82, 2.24) is 20.1 Å². The van der Waals surface area contributed by atoms with E-state index >= 15 is 0 Å². The lowest BCUT2D eigenvalue weighted by Crippen LogP contribution is -2.36. The van der Waals surface area contributed by atoms with Gasteiger partial charge in [0.05, 0.1) is 6.10 Å². The molecule has 2 heterocycles. The second kappa shape index (κ2) is 7.01. The van der Waals surface area contributed by atoms with E-state index in [0.29, 0.717) is 24.0 Å². The molecule has 0 bridgehead atoms. The van der Waals surface area contributed by atoms with Gasteiger partial charge in [0.2, 0.25) is 0 Å². The van der Waals surface area contributed by atoms with Gasteiger partial charge in [0.15, 0.2) is 0 Å². The fraction of sp³-hybridized carbons (Fsp3) is 0.857. The summed E-state index contributed by atoms with van der Waals surface area (Å²) in [5.41, 5.74) is 0. The first-order chi connectivity index (χ1) is 9.16. The molecular formula is C14H26N4O. The molecule has 108 valence electrons. The minimum atomic E-state index is 0.426. The van der Waals surface area contributed by atoms with E-state index in [1.165, 1.54) is 6.42 Å². The third-order valence-corrected chi connectivity index (χ3v) is 3.91. The lowest BCUT2D eigenvalue weighted by Gasteiger charge is -2.24. The summed E-state index contributed by atoms with van der Waals surface area (Å²) in [6.07, 6.45) is 6.04. The molecule has 19 heavy (non-hydrogen) atoms. The molecule has 0 amide bonds. The number of hydrogen-bond acceptors (Lipinski definition) is 4. The molecule has 1 fully saturated rings. The molecule has 0 aromatic carbocycles. The van der Waals surface area contributed by atoms with Gasteiger partial charge in [-0.3, -0.25) is 4.68 Å². The van der Waals surface area contributed by atoms with Crippen LogP contribution in [0.2, 0.25) is 0 Å². The molecule has 0 radical (unpaired) electrons. The lowest BCUT2D eigenvalue weighted by molar-refractivity contribution is 0.0534. The molecule has 3 atom stereocenters. The quantitative estimate of drug-likeness (QED) is 0.816. The van der Waals surface area contributed by atoms with Gasteiger partial charge in [-0.1, -0.05) is 13.8 Å². The van der Waals surface area contributed by atoms with E-state index in [4.69, 9.17) is 4.74 Å². The van der Waals surface area contributed by atoms with Gasteiger partial charge in [-0.2, -0.15) is 5.10 Å². The van der Waals surface area contributed by atoms with Crippen LogP contribution < -0.4 is 5.32 Å². The smallest absolute Gasteiger partial charge is 0.137 e. The Labute approximate surface area is 115 Å². The molecule has 1 aliphatic rings. The first-order valence-electron chi connectivity index (χ1n) is 7.34. The Morgan fingerprint density at radius 2 is 2.26 bits per heavy atom. The summed E-state index contributed by atoms with van der Waals surface area (Å²) in [4.78, 5) is 3.95. The highest BCUT2D eigenvalue weighted by Gasteiger charge is 2.30. The number of aryl methyl sites for hydroxylation is 1. The van der Waals surface area contributed by atoms with Crippen LogP contribution in [0.1, 0.15) is 33.6 Å². The van der Waals surface area contributed by atoms with Gasteiger partial charge in [0, 0.05) is 25.7 Å². The van der Waals surface area contributed by atoms with Crippen molar-refractivity contribution in [3.8, 4) is 0 Å². The monoisotopic (exact) mass is 266 g/mol. The number of nitrogens with zero attached hydrogens (tertiary/aromatic N) is 3. The maximum absolute atomic E-state index is 5.82. The Bertz CT molecular complexity index is 352. The van der Waals surface area contributed by atoms with Crippen LogP contribution in [0, 0.1) is 11.8 Å². The van der Waals surface area contributed by atoms with Gasteiger partial charge in [-0.05, 0) is 31.6 Å². The predicted molar refractivity (Wildman–Crippen MR) is 74.8 cm³/mol. The molecule has 1 N–H and O–H groups in total. The summed E-state index contributed by atoms with van der Waals surface area (Å²) in [6.45, 7) is 9.62. The Balaban J connectivity index is 1.67. The maximum Gasteiger partial charge on any atom is 0.137 e. The van der Waals surface area contributed by atoms with Crippen LogP contribution in [0.4, 0.5) is 0 Å². The van der Waals surface area contributed by atoms with E-state index in [0.717, 1.165) is 26.1 Å². The minimum absolute atomic E-state index is 0.426. The van der Waals surface area contributed by atoms with Gasteiger partial charge in [-0.15, -0.1) is 0 Å². The summed E-state index contributed by atoms with van der Waals surface area (Å²) in [6, 6.07) is 0.498. The SMILES string of the molecule is CC(C)[C@H]1OCC[C@@H]1CN[C@@H](C)CCn1cncn1. The van der Waals surface area contributed by atoms with Crippen molar-refractivity contribution in [2.45, 2.75) is 52.3 Å². The van der Waals surface area contributed by atoms with Gasteiger partial charge in [-0.25, -0.2) is 4.98 Å². The highest BCUT2D eigenvalue weighted by atomic mass is 16.5. The molecule has 1 saturated heterocycles. The molecule has 1 aromatic heterocycles. The molecule has 2 rings (SSSR count). The molecule has 0 unspecified atom stereocenters. The van der Waals surface area contributed by atoms with E-state index in [1.807, 2.05) is 4.68 Å². The topological polar surface area (TPSA) is 52.0 Å². The van der Waals surface area contributed by atoms with Crippen LogP contribution in [-0.4, -0.2) is 40.1 Å². The van der Waals surface area contributed by atoms with Crippen molar-refractivity contribution in [1.29, 1.82) is 0 Å². The van der Waals surface area contributed by atoms with E-state index < -0.39 is 0 Å². The van der Waals surface area contributed by atoms with Gasteiger partial charge >= 0.3 is 0 Å². The van der Waals surface area contributed by atoms with Crippen LogP contribution in [0.5, 0.6) is 0 Å². The lowest BCUT2D eigenvalue weighted by atomic mass is 9.93. The average molecular weight is 266 g/mol. The Kier molecular flexibility index (Phi) is 5.34. The largest absolute Gasteiger partial charge is 0.378 e. The predicted octanol–water partition coefficient (Wildman–Crippen LogP) is 1.71. The van der Waals surface area contributed by atoms with Crippen molar-refractivity contribution in [3.05, 3.63) is 12.7 Å². The van der Waals surface area contributed by atoms with Crippen molar-refractivity contribution in [2.24, 2.45) is 11.8 Å². The number of aromatic nitrogens is 3. The summed E-state index contributed by atoms with van der Waals surface area (Å²) in [5.74, 6) is 1.27. The third-order valence-electron chi connectivity index (χ3n) is 3.91. The number of ether oxygens (including phenoxy) is 1. The second-order valence-electron chi connectivity index (χ2n) is 5.88. The molecule has 0 saturated carbocycles. The van der Waals surface area contributed by atoms with Crippen LogP contribution in [0.3, 0.4) is 0 Å². The molecular weight excluding hydrogens is 240 g/mol. The van der Waals surface area contributed by atoms with Gasteiger partial charge in [0.1, 0.15) is 12.7 Å². The zero-order chi connectivity index (χ0) is 13.7. The average Bonchev–Trinajstić information content (AvgIpc) is 3.04. The first kappa shape index (κ1) is 14.5. The minimum Gasteiger partial charge on any atom is -0.378 e. The van der Waals surface area contributed by atoms with Crippen LogP contribution in [0.25, 0.3) is 0 Å². The number of rotatable bonds is 7. The normalized spacial score (nSPS) is 25.1. The molecule has 1 aromatic rings. The van der Waals surface area contributed by atoms with Crippen molar-refractivity contribution in [2.75, 3.05) is 13.2 Å².